The van der Waals surface area contributed by atoms with Gasteiger partial charge in [0.25, 0.3) is 5.56 Å². The average Bonchev–Trinajstić information content (AvgIpc) is 3.43. The largest absolute Gasteiger partial charge is 0.449 e. The Balaban J connectivity index is 1.42. The first-order valence-electron chi connectivity index (χ1n) is 14.8. The minimum Gasteiger partial charge on any atom is -0.449 e. The second-order valence-corrected chi connectivity index (χ2v) is 11.6. The average molecular weight is 594 g/mol. The standard InChI is InChI=1S/C34H35N5O5/c1-20-15-23-7-10-27(20)21(2)19-44-34(43)37-25-9-11-29(39-14-4-5-30(39)40)24(16-25)18-38(3)33(42)31(23)36-26-8-6-22-12-13-35-32(41)28(22)17-26/h6-13,15-17,21,31,36H,4-5,14,18-19H2,1-3H3,(H,35,41)(H,37,43)/t21?,31-/m1/s1. The summed E-state index contributed by atoms with van der Waals surface area (Å²) >= 11 is 0. The predicted octanol–water partition coefficient (Wildman–Crippen LogP) is 5.44. The number of H-pyrrole nitrogens is 1. The van der Waals surface area contributed by atoms with Gasteiger partial charge in [0.1, 0.15) is 6.04 Å². The van der Waals surface area contributed by atoms with Gasteiger partial charge in [0, 0.05) is 61.1 Å². The van der Waals surface area contributed by atoms with E-state index in [1.165, 1.54) is 0 Å². The number of hydrogen-bond donors (Lipinski definition) is 3. The summed E-state index contributed by atoms with van der Waals surface area (Å²) in [5, 5.41) is 7.51. The molecule has 0 radical (unpaired) electrons. The molecule has 4 aromatic rings. The van der Waals surface area contributed by atoms with Crippen LogP contribution in [0.5, 0.6) is 0 Å². The number of hydrogen-bond acceptors (Lipinski definition) is 6. The maximum absolute atomic E-state index is 14.3. The van der Waals surface area contributed by atoms with Crippen molar-refractivity contribution in [3.63, 3.8) is 0 Å². The van der Waals surface area contributed by atoms with E-state index in [9.17, 15) is 19.2 Å². The summed E-state index contributed by atoms with van der Waals surface area (Å²) in [5.74, 6) is -0.257. The van der Waals surface area contributed by atoms with Crippen LogP contribution in [0.25, 0.3) is 10.8 Å². The third-order valence-corrected chi connectivity index (χ3v) is 8.43. The lowest BCUT2D eigenvalue weighted by molar-refractivity contribution is -0.131. The molecule has 4 heterocycles. The fourth-order valence-electron chi connectivity index (χ4n) is 6.11. The number of nitrogens with one attached hydrogen (secondary N) is 3. The molecule has 1 saturated heterocycles. The number of nitrogens with zero attached hydrogens (tertiary/aromatic N) is 2. The summed E-state index contributed by atoms with van der Waals surface area (Å²) in [6, 6.07) is 17.7. The van der Waals surface area contributed by atoms with Crippen molar-refractivity contribution in [3.8, 4) is 0 Å². The fourth-order valence-corrected chi connectivity index (χ4v) is 6.11. The zero-order chi connectivity index (χ0) is 31.0. The van der Waals surface area contributed by atoms with E-state index in [2.05, 4.69) is 15.6 Å². The molecule has 7 rings (SSSR count). The Morgan fingerprint density at radius 2 is 1.82 bits per heavy atom. The molecule has 1 fully saturated rings. The van der Waals surface area contributed by atoms with Crippen LogP contribution in [0.1, 0.15) is 54.0 Å². The smallest absolute Gasteiger partial charge is 0.411 e. The number of carbonyl (C=O) groups excluding carboxylic acids is 3. The number of aromatic amines is 1. The molecule has 2 atom stereocenters. The van der Waals surface area contributed by atoms with E-state index in [-0.39, 0.29) is 36.4 Å². The molecule has 4 bridgehead atoms. The normalized spacial score (nSPS) is 19.3. The molecule has 0 aliphatic carbocycles. The highest BCUT2D eigenvalue weighted by Gasteiger charge is 2.29. The molecular weight excluding hydrogens is 558 g/mol. The first-order valence-corrected chi connectivity index (χ1v) is 14.8. The molecule has 1 unspecified atom stereocenters. The van der Waals surface area contributed by atoms with Crippen molar-refractivity contribution >= 4 is 45.7 Å². The molecule has 3 aromatic carbocycles. The minimum absolute atomic E-state index is 0.0258. The van der Waals surface area contributed by atoms with Crippen molar-refractivity contribution in [1.82, 2.24) is 9.88 Å². The molecule has 10 nitrogen and oxygen atoms in total. The molecule has 0 saturated carbocycles. The minimum atomic E-state index is -0.771. The number of carbonyl (C=O) groups is 3. The lowest BCUT2D eigenvalue weighted by Crippen LogP contribution is -2.36. The summed E-state index contributed by atoms with van der Waals surface area (Å²) in [6.07, 6.45) is 2.26. The zero-order valence-electron chi connectivity index (χ0n) is 25.0. The molecule has 1 aromatic heterocycles. The lowest BCUT2D eigenvalue weighted by Gasteiger charge is -2.29. The van der Waals surface area contributed by atoms with Gasteiger partial charge in [-0.15, -0.1) is 0 Å². The van der Waals surface area contributed by atoms with Crippen LogP contribution in [0.3, 0.4) is 0 Å². The maximum atomic E-state index is 14.3. The number of rotatable bonds is 3. The summed E-state index contributed by atoms with van der Waals surface area (Å²) in [4.78, 5) is 58.3. The van der Waals surface area contributed by atoms with Gasteiger partial charge < -0.3 is 24.8 Å². The zero-order valence-corrected chi connectivity index (χ0v) is 25.0. The van der Waals surface area contributed by atoms with Crippen molar-refractivity contribution in [2.75, 3.05) is 35.7 Å². The third-order valence-electron chi connectivity index (χ3n) is 8.43. The van der Waals surface area contributed by atoms with Crippen molar-refractivity contribution in [1.29, 1.82) is 0 Å². The third kappa shape index (κ3) is 5.75. The number of fused-ring (bicyclic) bond motifs is 10. The van der Waals surface area contributed by atoms with Gasteiger partial charge in [-0.05, 0) is 77.4 Å². The van der Waals surface area contributed by atoms with Crippen molar-refractivity contribution in [2.24, 2.45) is 0 Å². The van der Waals surface area contributed by atoms with Crippen LogP contribution < -0.4 is 21.1 Å². The Kier molecular flexibility index (Phi) is 7.82. The number of ether oxygens (including phenoxy) is 1. The summed E-state index contributed by atoms with van der Waals surface area (Å²) < 4.78 is 5.57. The molecule has 10 heteroatoms. The fraction of sp³-hybridized carbons (Fsp3) is 0.294. The van der Waals surface area contributed by atoms with E-state index >= 15 is 0 Å². The van der Waals surface area contributed by atoms with E-state index in [4.69, 9.17) is 4.74 Å². The Labute approximate surface area is 255 Å². The number of likely N-dealkylation sites (N-methyl/N-ethyl adjacent to an activating group) is 1. The Morgan fingerprint density at radius 3 is 2.59 bits per heavy atom. The van der Waals surface area contributed by atoms with Crippen LogP contribution in [0.4, 0.5) is 21.9 Å². The SMILES string of the molecule is Cc1cc2ccc1C(C)COC(=O)Nc1ccc(N3CCCC3=O)c(c1)CN(C)C(=O)[C@@H]2Nc1ccc2cc[nH]c(=O)c2c1. The van der Waals surface area contributed by atoms with Gasteiger partial charge in [-0.1, -0.05) is 31.2 Å². The van der Waals surface area contributed by atoms with Gasteiger partial charge in [-0.2, -0.15) is 0 Å². The van der Waals surface area contributed by atoms with Gasteiger partial charge in [-0.25, -0.2) is 4.79 Å². The van der Waals surface area contributed by atoms with E-state index in [1.54, 1.807) is 41.2 Å². The molecule has 3 aliphatic heterocycles. The predicted molar refractivity (Wildman–Crippen MR) is 170 cm³/mol. The molecule has 0 spiro atoms. The van der Waals surface area contributed by atoms with E-state index in [0.717, 1.165) is 34.1 Å². The number of aryl methyl sites for hydroxylation is 1. The highest BCUT2D eigenvalue weighted by atomic mass is 16.5. The Hall–Kier alpha value is -5.12. The quantitative estimate of drug-likeness (QED) is 0.291. The molecule has 44 heavy (non-hydrogen) atoms. The van der Waals surface area contributed by atoms with E-state index in [0.29, 0.717) is 35.4 Å². The van der Waals surface area contributed by atoms with E-state index in [1.807, 2.05) is 56.3 Å². The van der Waals surface area contributed by atoms with Crippen molar-refractivity contribution < 1.29 is 19.1 Å². The Morgan fingerprint density at radius 1 is 0.977 bits per heavy atom. The van der Waals surface area contributed by atoms with Crippen LogP contribution in [0.15, 0.2) is 71.7 Å². The molecule has 3 aliphatic rings. The number of anilines is 3. The van der Waals surface area contributed by atoms with Crippen LogP contribution in [-0.4, -0.2) is 48.0 Å². The van der Waals surface area contributed by atoms with Crippen LogP contribution in [-0.2, 0) is 20.9 Å². The second-order valence-electron chi connectivity index (χ2n) is 11.6. The number of benzene rings is 3. The summed E-state index contributed by atoms with van der Waals surface area (Å²) in [6.45, 7) is 4.91. The monoisotopic (exact) mass is 593 g/mol. The molecule has 226 valence electrons. The molecular formula is C34H35N5O5. The van der Waals surface area contributed by atoms with Gasteiger partial charge in [0.15, 0.2) is 0 Å². The number of aromatic nitrogens is 1. The maximum Gasteiger partial charge on any atom is 0.411 e. The van der Waals surface area contributed by atoms with E-state index < -0.39 is 12.1 Å². The van der Waals surface area contributed by atoms with Crippen molar-refractivity contribution in [2.45, 2.75) is 45.2 Å². The second kappa shape index (κ2) is 11.9. The summed E-state index contributed by atoms with van der Waals surface area (Å²) in [5.41, 5.74) is 5.09. The highest BCUT2D eigenvalue weighted by molar-refractivity contribution is 5.97. The van der Waals surface area contributed by atoms with Crippen molar-refractivity contribution in [3.05, 3.63) is 99.5 Å². The van der Waals surface area contributed by atoms with Gasteiger partial charge in [-0.3, -0.25) is 19.7 Å². The Bertz CT molecular complexity index is 1830. The highest BCUT2D eigenvalue weighted by Crippen LogP contribution is 2.32. The van der Waals surface area contributed by atoms with Crippen LogP contribution in [0.2, 0.25) is 0 Å². The number of amides is 3. The number of pyridine rings is 1. The van der Waals surface area contributed by atoms with Crippen LogP contribution >= 0.6 is 0 Å². The first kappa shape index (κ1) is 29.0. The molecule has 3 amide bonds. The van der Waals surface area contributed by atoms with Gasteiger partial charge in [0.2, 0.25) is 11.8 Å². The topological polar surface area (TPSA) is 124 Å². The lowest BCUT2D eigenvalue weighted by atomic mass is 9.93. The first-order chi connectivity index (χ1) is 21.2. The van der Waals surface area contributed by atoms with Gasteiger partial charge >= 0.3 is 6.09 Å². The van der Waals surface area contributed by atoms with Gasteiger partial charge in [0.05, 0.1) is 6.61 Å². The summed E-state index contributed by atoms with van der Waals surface area (Å²) in [7, 11) is 1.72. The molecule has 3 N–H and O–H groups in total. The van der Waals surface area contributed by atoms with Crippen LogP contribution in [0, 0.1) is 6.92 Å².